The van der Waals surface area contributed by atoms with Crippen molar-refractivity contribution < 1.29 is 9.84 Å². The Morgan fingerprint density at radius 2 is 2.00 bits per heavy atom. The minimum atomic E-state index is -0.389. The highest BCUT2D eigenvalue weighted by molar-refractivity contribution is 5.37. The Hall–Kier alpha value is -1.36. The van der Waals surface area contributed by atoms with Crippen LogP contribution in [0.15, 0.2) is 12.4 Å². The van der Waals surface area contributed by atoms with Crippen molar-refractivity contribution in [3.05, 3.63) is 12.4 Å². The molecule has 0 aromatic carbocycles. The van der Waals surface area contributed by atoms with E-state index in [9.17, 15) is 5.11 Å². The summed E-state index contributed by atoms with van der Waals surface area (Å²) in [6, 6.07) is 1.73. The number of hydrogen-bond donors (Lipinski definition) is 2. The lowest BCUT2D eigenvalue weighted by Gasteiger charge is -2.15. The number of rotatable bonds is 6. The van der Waals surface area contributed by atoms with Gasteiger partial charge in [0.05, 0.1) is 12.2 Å². The molecule has 17 heavy (non-hydrogen) atoms. The highest BCUT2D eigenvalue weighted by Gasteiger charge is 2.09. The number of aliphatic hydroxyl groups is 1. The SMILES string of the molecule is CC(C)Oc1cc(NCC(O)C(C)C)ncn1. The van der Waals surface area contributed by atoms with Crippen molar-refractivity contribution in [3.63, 3.8) is 0 Å². The van der Waals surface area contributed by atoms with E-state index in [-0.39, 0.29) is 18.1 Å². The number of hydrogen-bond acceptors (Lipinski definition) is 5. The van der Waals surface area contributed by atoms with Crippen molar-refractivity contribution in [1.29, 1.82) is 0 Å². The van der Waals surface area contributed by atoms with Crippen LogP contribution in [0.4, 0.5) is 5.82 Å². The molecule has 0 aliphatic heterocycles. The monoisotopic (exact) mass is 239 g/mol. The van der Waals surface area contributed by atoms with E-state index >= 15 is 0 Å². The van der Waals surface area contributed by atoms with Crippen molar-refractivity contribution >= 4 is 5.82 Å². The molecule has 1 aromatic heterocycles. The van der Waals surface area contributed by atoms with Crippen molar-refractivity contribution in [2.75, 3.05) is 11.9 Å². The molecular formula is C12H21N3O2. The number of nitrogens with one attached hydrogen (secondary N) is 1. The lowest BCUT2D eigenvalue weighted by molar-refractivity contribution is 0.138. The van der Waals surface area contributed by atoms with Gasteiger partial charge in [-0.25, -0.2) is 9.97 Å². The predicted octanol–water partition coefficient (Wildman–Crippen LogP) is 1.69. The molecule has 0 aliphatic carbocycles. The first-order valence-electron chi connectivity index (χ1n) is 5.89. The summed E-state index contributed by atoms with van der Waals surface area (Å²) in [5.74, 6) is 1.42. The zero-order valence-corrected chi connectivity index (χ0v) is 10.8. The van der Waals surface area contributed by atoms with Crippen LogP contribution in [0.2, 0.25) is 0 Å². The van der Waals surface area contributed by atoms with Gasteiger partial charge in [0.2, 0.25) is 5.88 Å². The summed E-state index contributed by atoms with van der Waals surface area (Å²) in [5, 5.41) is 12.7. The first-order chi connectivity index (χ1) is 7.99. The molecule has 0 saturated heterocycles. The largest absolute Gasteiger partial charge is 0.475 e. The Morgan fingerprint density at radius 1 is 1.29 bits per heavy atom. The molecule has 0 aliphatic rings. The third kappa shape index (κ3) is 4.99. The van der Waals surface area contributed by atoms with Crippen LogP contribution in [-0.2, 0) is 0 Å². The molecule has 0 amide bonds. The summed E-state index contributed by atoms with van der Waals surface area (Å²) in [6.07, 6.45) is 1.14. The molecule has 1 heterocycles. The Balaban J connectivity index is 2.54. The van der Waals surface area contributed by atoms with E-state index in [0.717, 1.165) is 0 Å². The van der Waals surface area contributed by atoms with Gasteiger partial charge in [0.25, 0.3) is 0 Å². The number of ether oxygens (including phenoxy) is 1. The maximum atomic E-state index is 9.67. The summed E-state index contributed by atoms with van der Waals surface area (Å²) in [6.45, 7) is 8.30. The first-order valence-corrected chi connectivity index (χ1v) is 5.89. The molecule has 0 spiro atoms. The van der Waals surface area contributed by atoms with E-state index in [2.05, 4.69) is 15.3 Å². The van der Waals surface area contributed by atoms with E-state index in [1.165, 1.54) is 6.33 Å². The average molecular weight is 239 g/mol. The molecule has 1 unspecified atom stereocenters. The van der Waals surface area contributed by atoms with Gasteiger partial charge >= 0.3 is 0 Å². The Kier molecular flexibility index (Phi) is 5.15. The van der Waals surface area contributed by atoms with Gasteiger partial charge in [0, 0.05) is 12.6 Å². The number of aromatic nitrogens is 2. The molecule has 1 aromatic rings. The molecule has 1 atom stereocenters. The minimum Gasteiger partial charge on any atom is -0.475 e. The summed E-state index contributed by atoms with van der Waals surface area (Å²) in [4.78, 5) is 8.07. The van der Waals surface area contributed by atoms with Gasteiger partial charge in [-0.15, -0.1) is 0 Å². The highest BCUT2D eigenvalue weighted by atomic mass is 16.5. The number of anilines is 1. The average Bonchev–Trinajstić information content (AvgIpc) is 2.25. The molecule has 0 fully saturated rings. The third-order valence-corrected chi connectivity index (χ3v) is 2.26. The second-order valence-electron chi connectivity index (χ2n) is 4.60. The van der Waals surface area contributed by atoms with Crippen LogP contribution in [0.3, 0.4) is 0 Å². The summed E-state index contributed by atoms with van der Waals surface area (Å²) in [5.41, 5.74) is 0. The lowest BCUT2D eigenvalue weighted by atomic mass is 10.1. The maximum Gasteiger partial charge on any atom is 0.218 e. The topological polar surface area (TPSA) is 67.3 Å². The normalized spacial score (nSPS) is 12.9. The molecule has 96 valence electrons. The van der Waals surface area contributed by atoms with Gasteiger partial charge in [-0.1, -0.05) is 13.8 Å². The highest BCUT2D eigenvalue weighted by Crippen LogP contribution is 2.13. The van der Waals surface area contributed by atoms with Crippen LogP contribution in [0.25, 0.3) is 0 Å². The van der Waals surface area contributed by atoms with Crippen LogP contribution in [0.1, 0.15) is 27.7 Å². The standard InChI is InChI=1S/C12H21N3O2/c1-8(2)10(16)6-13-11-5-12(15-7-14-11)17-9(3)4/h5,7-10,16H,6H2,1-4H3,(H,13,14,15). The minimum absolute atomic E-state index is 0.0824. The van der Waals surface area contributed by atoms with Crippen molar-refractivity contribution in [2.24, 2.45) is 5.92 Å². The molecular weight excluding hydrogens is 218 g/mol. The molecule has 5 heteroatoms. The van der Waals surface area contributed by atoms with E-state index in [1.54, 1.807) is 6.07 Å². The molecule has 0 bridgehead atoms. The van der Waals surface area contributed by atoms with Gasteiger partial charge < -0.3 is 15.2 Å². The molecule has 1 rings (SSSR count). The van der Waals surface area contributed by atoms with Crippen LogP contribution < -0.4 is 10.1 Å². The van der Waals surface area contributed by atoms with E-state index in [4.69, 9.17) is 4.74 Å². The van der Waals surface area contributed by atoms with E-state index in [1.807, 2.05) is 27.7 Å². The Bertz CT molecular complexity index is 342. The zero-order chi connectivity index (χ0) is 12.8. The fraction of sp³-hybridized carbons (Fsp3) is 0.667. The van der Waals surface area contributed by atoms with Gasteiger partial charge in [0.1, 0.15) is 12.1 Å². The van der Waals surface area contributed by atoms with Crippen LogP contribution in [0.5, 0.6) is 5.88 Å². The van der Waals surface area contributed by atoms with Crippen molar-refractivity contribution in [1.82, 2.24) is 9.97 Å². The van der Waals surface area contributed by atoms with Gasteiger partial charge in [-0.05, 0) is 19.8 Å². The van der Waals surface area contributed by atoms with E-state index in [0.29, 0.717) is 18.2 Å². The smallest absolute Gasteiger partial charge is 0.218 e. The zero-order valence-electron chi connectivity index (χ0n) is 10.8. The summed E-state index contributed by atoms with van der Waals surface area (Å²) >= 11 is 0. The third-order valence-electron chi connectivity index (χ3n) is 2.26. The summed E-state index contributed by atoms with van der Waals surface area (Å²) in [7, 11) is 0. The van der Waals surface area contributed by atoms with E-state index < -0.39 is 0 Å². The Labute approximate surface area is 102 Å². The second kappa shape index (κ2) is 6.39. The fourth-order valence-corrected chi connectivity index (χ4v) is 1.19. The van der Waals surface area contributed by atoms with Crippen molar-refractivity contribution in [2.45, 2.75) is 39.9 Å². The van der Waals surface area contributed by atoms with Gasteiger partial charge in [-0.2, -0.15) is 0 Å². The van der Waals surface area contributed by atoms with Crippen LogP contribution >= 0.6 is 0 Å². The van der Waals surface area contributed by atoms with Crippen LogP contribution in [0, 0.1) is 5.92 Å². The Morgan fingerprint density at radius 3 is 2.59 bits per heavy atom. The van der Waals surface area contributed by atoms with Crippen molar-refractivity contribution in [3.8, 4) is 5.88 Å². The quantitative estimate of drug-likeness (QED) is 0.790. The summed E-state index contributed by atoms with van der Waals surface area (Å²) < 4.78 is 5.46. The predicted molar refractivity (Wildman–Crippen MR) is 67.1 cm³/mol. The molecule has 2 N–H and O–H groups in total. The fourth-order valence-electron chi connectivity index (χ4n) is 1.19. The lowest BCUT2D eigenvalue weighted by Crippen LogP contribution is -2.25. The molecule has 0 saturated carbocycles. The van der Waals surface area contributed by atoms with Gasteiger partial charge in [0.15, 0.2) is 0 Å². The number of nitrogens with zero attached hydrogens (tertiary/aromatic N) is 2. The maximum absolute atomic E-state index is 9.67. The van der Waals surface area contributed by atoms with Crippen LogP contribution in [-0.4, -0.2) is 33.8 Å². The van der Waals surface area contributed by atoms with Gasteiger partial charge in [-0.3, -0.25) is 0 Å². The number of aliphatic hydroxyl groups excluding tert-OH is 1. The second-order valence-corrected chi connectivity index (χ2v) is 4.60. The molecule has 5 nitrogen and oxygen atoms in total. The first kappa shape index (κ1) is 13.7. The molecule has 0 radical (unpaired) electrons.